The third kappa shape index (κ3) is 2.22. The topological polar surface area (TPSA) is 110 Å². The number of halogens is 3. The zero-order valence-corrected chi connectivity index (χ0v) is 8.49. The van der Waals surface area contributed by atoms with Gasteiger partial charge in [-0.25, -0.2) is 0 Å². The summed E-state index contributed by atoms with van der Waals surface area (Å²) in [5.74, 6) is -1.55. The fraction of sp³-hybridized carbons (Fsp3) is 0.111. The van der Waals surface area contributed by atoms with E-state index in [9.17, 15) is 28.1 Å². The number of rotatable bonds is 2. The van der Waals surface area contributed by atoms with Crippen molar-refractivity contribution in [2.24, 2.45) is 5.73 Å². The SMILES string of the molecule is N#Cc1c([N+](=O)[O-])ccc(C(F)(F)F)c1C(N)=O. The van der Waals surface area contributed by atoms with Crippen LogP contribution >= 0.6 is 0 Å². The Bertz CT molecular complexity index is 575. The number of benzene rings is 1. The smallest absolute Gasteiger partial charge is 0.366 e. The van der Waals surface area contributed by atoms with Crippen molar-refractivity contribution in [3.05, 3.63) is 38.9 Å². The molecule has 9 heteroatoms. The van der Waals surface area contributed by atoms with Crippen LogP contribution in [0, 0.1) is 21.4 Å². The average molecular weight is 259 g/mol. The van der Waals surface area contributed by atoms with Gasteiger partial charge in [-0.05, 0) is 6.07 Å². The van der Waals surface area contributed by atoms with Gasteiger partial charge < -0.3 is 5.73 Å². The van der Waals surface area contributed by atoms with Crippen LogP contribution in [0.2, 0.25) is 0 Å². The Hall–Kier alpha value is -2.63. The second-order valence-corrected chi connectivity index (χ2v) is 3.11. The van der Waals surface area contributed by atoms with Crippen molar-refractivity contribution in [2.75, 3.05) is 0 Å². The van der Waals surface area contributed by atoms with Gasteiger partial charge >= 0.3 is 6.18 Å². The summed E-state index contributed by atoms with van der Waals surface area (Å²) in [5, 5.41) is 19.2. The van der Waals surface area contributed by atoms with Gasteiger partial charge in [-0.3, -0.25) is 14.9 Å². The molecular weight excluding hydrogens is 255 g/mol. The molecule has 6 nitrogen and oxygen atoms in total. The van der Waals surface area contributed by atoms with Crippen LogP contribution in [-0.2, 0) is 6.18 Å². The molecule has 1 aromatic rings. The van der Waals surface area contributed by atoms with Gasteiger partial charge in [0.1, 0.15) is 11.6 Å². The molecule has 0 bridgehead atoms. The Labute approximate surface area is 97.6 Å². The number of amides is 1. The lowest BCUT2D eigenvalue weighted by molar-refractivity contribution is -0.385. The van der Waals surface area contributed by atoms with Crippen molar-refractivity contribution in [1.29, 1.82) is 5.26 Å². The first-order valence-electron chi connectivity index (χ1n) is 4.28. The average Bonchev–Trinajstić information content (AvgIpc) is 2.25. The molecule has 2 N–H and O–H groups in total. The largest absolute Gasteiger partial charge is 0.417 e. The van der Waals surface area contributed by atoms with E-state index in [1.165, 1.54) is 6.07 Å². The van der Waals surface area contributed by atoms with Gasteiger partial charge in [-0.2, -0.15) is 18.4 Å². The Kier molecular flexibility index (Phi) is 3.23. The molecule has 0 fully saturated rings. The standard InChI is InChI=1S/C9H4F3N3O3/c10-9(11,12)5-1-2-6(15(17)18)4(3-13)7(5)8(14)16/h1-2H,(H2,14,16). The maximum absolute atomic E-state index is 12.6. The molecule has 0 saturated heterocycles. The van der Waals surface area contributed by atoms with E-state index in [2.05, 4.69) is 0 Å². The molecule has 0 saturated carbocycles. The monoisotopic (exact) mass is 259 g/mol. The third-order valence-corrected chi connectivity index (χ3v) is 2.04. The number of primary amides is 1. The molecule has 0 atom stereocenters. The number of nitrogens with two attached hydrogens (primary N) is 1. The summed E-state index contributed by atoms with van der Waals surface area (Å²) in [6, 6.07) is 2.05. The molecule has 18 heavy (non-hydrogen) atoms. The van der Waals surface area contributed by atoms with Gasteiger partial charge in [0, 0.05) is 6.07 Å². The fourth-order valence-corrected chi connectivity index (χ4v) is 1.35. The number of nitriles is 1. The lowest BCUT2D eigenvalue weighted by Crippen LogP contribution is -2.21. The molecule has 0 unspecified atom stereocenters. The lowest BCUT2D eigenvalue weighted by Gasteiger charge is -2.11. The molecule has 0 heterocycles. The number of nitro benzene ring substituents is 1. The Balaban J connectivity index is 3.77. The molecular formula is C9H4F3N3O3. The number of carbonyl (C=O) groups excluding carboxylic acids is 1. The molecule has 0 radical (unpaired) electrons. The third-order valence-electron chi connectivity index (χ3n) is 2.04. The van der Waals surface area contributed by atoms with Crippen molar-refractivity contribution in [3.63, 3.8) is 0 Å². The van der Waals surface area contributed by atoms with E-state index in [0.29, 0.717) is 12.1 Å². The highest BCUT2D eigenvalue weighted by molar-refractivity contribution is 5.98. The van der Waals surface area contributed by atoms with Crippen molar-refractivity contribution in [2.45, 2.75) is 6.18 Å². The van der Waals surface area contributed by atoms with Crippen LogP contribution in [0.25, 0.3) is 0 Å². The van der Waals surface area contributed by atoms with Gasteiger partial charge in [0.25, 0.3) is 11.6 Å². The number of alkyl halides is 3. The van der Waals surface area contributed by atoms with Crippen molar-refractivity contribution in [3.8, 4) is 6.07 Å². The lowest BCUT2D eigenvalue weighted by atomic mass is 9.99. The second kappa shape index (κ2) is 4.33. The van der Waals surface area contributed by atoms with Crippen molar-refractivity contribution >= 4 is 11.6 Å². The van der Waals surface area contributed by atoms with E-state index in [-0.39, 0.29) is 0 Å². The highest BCUT2D eigenvalue weighted by atomic mass is 19.4. The quantitative estimate of drug-likeness (QED) is 0.642. The maximum atomic E-state index is 12.6. The number of hydrogen-bond donors (Lipinski definition) is 1. The molecule has 1 amide bonds. The summed E-state index contributed by atoms with van der Waals surface area (Å²) < 4.78 is 37.7. The summed E-state index contributed by atoms with van der Waals surface area (Å²) in [6.07, 6.45) is -4.94. The van der Waals surface area contributed by atoms with Gasteiger partial charge in [-0.1, -0.05) is 0 Å². The number of hydrogen-bond acceptors (Lipinski definition) is 4. The summed E-state index contributed by atoms with van der Waals surface area (Å²) in [5.41, 5.74) is 0.173. The fourth-order valence-electron chi connectivity index (χ4n) is 1.35. The van der Waals surface area contributed by atoms with Gasteiger partial charge in [0.2, 0.25) is 0 Å². The zero-order chi connectivity index (χ0) is 14.1. The molecule has 0 aliphatic carbocycles. The molecule has 0 spiro atoms. The minimum atomic E-state index is -4.94. The van der Waals surface area contributed by atoms with Crippen LogP contribution in [0.3, 0.4) is 0 Å². The highest BCUT2D eigenvalue weighted by Crippen LogP contribution is 2.36. The molecule has 0 aliphatic heterocycles. The highest BCUT2D eigenvalue weighted by Gasteiger charge is 2.38. The minimum absolute atomic E-state index is 0.346. The molecule has 0 aliphatic rings. The number of nitrogens with zero attached hydrogens (tertiary/aromatic N) is 2. The Morgan fingerprint density at radius 2 is 2.00 bits per heavy atom. The molecule has 1 rings (SSSR count). The van der Waals surface area contributed by atoms with Crippen LogP contribution in [0.4, 0.5) is 18.9 Å². The summed E-state index contributed by atoms with van der Waals surface area (Å²) in [6.45, 7) is 0. The molecule has 94 valence electrons. The van der Waals surface area contributed by atoms with Crippen LogP contribution < -0.4 is 5.73 Å². The van der Waals surface area contributed by atoms with E-state index >= 15 is 0 Å². The Morgan fingerprint density at radius 1 is 1.44 bits per heavy atom. The van der Waals surface area contributed by atoms with Crippen LogP contribution in [0.1, 0.15) is 21.5 Å². The summed E-state index contributed by atoms with van der Waals surface area (Å²) in [4.78, 5) is 20.4. The van der Waals surface area contributed by atoms with Gasteiger partial charge in [0.05, 0.1) is 16.1 Å². The summed E-state index contributed by atoms with van der Waals surface area (Å²) >= 11 is 0. The van der Waals surface area contributed by atoms with Crippen LogP contribution in [-0.4, -0.2) is 10.8 Å². The second-order valence-electron chi connectivity index (χ2n) is 3.11. The van der Waals surface area contributed by atoms with Crippen molar-refractivity contribution in [1.82, 2.24) is 0 Å². The zero-order valence-electron chi connectivity index (χ0n) is 8.49. The van der Waals surface area contributed by atoms with E-state index in [0.717, 1.165) is 0 Å². The summed E-state index contributed by atoms with van der Waals surface area (Å²) in [7, 11) is 0. The van der Waals surface area contributed by atoms with E-state index < -0.39 is 39.4 Å². The predicted octanol–water partition coefficient (Wildman–Crippen LogP) is 1.58. The minimum Gasteiger partial charge on any atom is -0.366 e. The molecule has 1 aromatic carbocycles. The first-order chi connectivity index (χ1) is 8.20. The number of nitro groups is 1. The van der Waals surface area contributed by atoms with E-state index in [1.807, 2.05) is 0 Å². The molecule has 0 aromatic heterocycles. The number of carbonyl (C=O) groups is 1. The van der Waals surface area contributed by atoms with Crippen LogP contribution in [0.5, 0.6) is 0 Å². The van der Waals surface area contributed by atoms with E-state index in [4.69, 9.17) is 11.0 Å². The van der Waals surface area contributed by atoms with E-state index in [1.54, 1.807) is 0 Å². The van der Waals surface area contributed by atoms with Gasteiger partial charge in [-0.15, -0.1) is 0 Å². The Morgan fingerprint density at radius 3 is 2.33 bits per heavy atom. The maximum Gasteiger partial charge on any atom is 0.417 e. The van der Waals surface area contributed by atoms with Crippen LogP contribution in [0.15, 0.2) is 12.1 Å². The normalized spacial score (nSPS) is 10.8. The van der Waals surface area contributed by atoms with Gasteiger partial charge in [0.15, 0.2) is 0 Å². The first-order valence-corrected chi connectivity index (χ1v) is 4.28. The predicted molar refractivity (Wildman–Crippen MR) is 51.3 cm³/mol. The first kappa shape index (κ1) is 13.4. The van der Waals surface area contributed by atoms with Crippen molar-refractivity contribution < 1.29 is 22.9 Å².